The largest absolute Gasteiger partial charge is 0.387 e. The van der Waals surface area contributed by atoms with Crippen LogP contribution in [-0.4, -0.2) is 30.3 Å². The fraction of sp³-hybridized carbons (Fsp3) is 0.684. The summed E-state index contributed by atoms with van der Waals surface area (Å²) in [5, 5.41) is 17.1. The first-order valence-corrected chi connectivity index (χ1v) is 8.75. The lowest BCUT2D eigenvalue weighted by atomic mass is 9.79. The van der Waals surface area contributed by atoms with Crippen molar-refractivity contribution in [2.75, 3.05) is 13.6 Å². The lowest BCUT2D eigenvalue weighted by Gasteiger charge is -2.35. The minimum atomic E-state index is -0.676. The number of rotatable bonds is 7. The molecule has 4 heteroatoms. The second kappa shape index (κ2) is 8.22. The predicted octanol–water partition coefficient (Wildman–Crippen LogP) is 3.40. The Bertz CT molecular complexity index is 484. The zero-order chi connectivity index (χ0) is 16.9. The third kappa shape index (κ3) is 5.87. The number of aliphatic hydroxyl groups is 1. The summed E-state index contributed by atoms with van der Waals surface area (Å²) in [5.41, 5.74) is 0.605. The van der Waals surface area contributed by atoms with E-state index in [0.717, 1.165) is 12.3 Å². The zero-order valence-electron chi connectivity index (χ0n) is 14.6. The van der Waals surface area contributed by atoms with Gasteiger partial charge >= 0.3 is 0 Å². The molecule has 0 heterocycles. The molecule has 1 unspecified atom stereocenters. The van der Waals surface area contributed by atoms with Gasteiger partial charge in [0.15, 0.2) is 0 Å². The first-order valence-electron chi connectivity index (χ1n) is 8.75. The topological polar surface area (TPSA) is 44.3 Å². The van der Waals surface area contributed by atoms with E-state index in [4.69, 9.17) is 0 Å². The summed E-state index contributed by atoms with van der Waals surface area (Å²) >= 11 is 0. The Hall–Kier alpha value is -0.970. The summed E-state index contributed by atoms with van der Waals surface area (Å²) < 4.78 is 13.2. The molecule has 1 aliphatic rings. The van der Waals surface area contributed by atoms with Gasteiger partial charge in [0.1, 0.15) is 5.82 Å². The molecular weight excluding hydrogens is 291 g/mol. The Balaban J connectivity index is 1.79. The number of benzene rings is 1. The van der Waals surface area contributed by atoms with Gasteiger partial charge in [0.25, 0.3) is 0 Å². The second-order valence-corrected chi connectivity index (χ2v) is 7.55. The highest BCUT2D eigenvalue weighted by Gasteiger charge is 2.27. The van der Waals surface area contributed by atoms with Gasteiger partial charge in [-0.1, -0.05) is 12.1 Å². The molecule has 1 aromatic carbocycles. The molecule has 0 aliphatic heterocycles. The van der Waals surface area contributed by atoms with Crippen LogP contribution in [0.2, 0.25) is 0 Å². The first kappa shape index (κ1) is 18.4. The first-order chi connectivity index (χ1) is 10.9. The average Bonchev–Trinajstić information content (AvgIpc) is 2.53. The van der Waals surface area contributed by atoms with Crippen LogP contribution in [0.5, 0.6) is 0 Å². The molecular formula is C19H31FN2O. The maximum atomic E-state index is 13.2. The Labute approximate surface area is 139 Å². The molecule has 23 heavy (non-hydrogen) atoms. The lowest BCUT2D eigenvalue weighted by molar-refractivity contribution is 0.149. The van der Waals surface area contributed by atoms with Crippen molar-refractivity contribution < 1.29 is 9.50 Å². The molecule has 130 valence electrons. The van der Waals surface area contributed by atoms with Crippen molar-refractivity contribution in [1.29, 1.82) is 0 Å². The number of halogens is 1. The van der Waals surface area contributed by atoms with Gasteiger partial charge in [0.2, 0.25) is 0 Å². The Morgan fingerprint density at radius 1 is 1.26 bits per heavy atom. The number of nitrogens with one attached hydrogen (secondary N) is 2. The van der Waals surface area contributed by atoms with E-state index in [1.54, 1.807) is 12.1 Å². The SMILES string of the molecule is CNC1CCC(CC(C)(C)NCC(O)c2cccc(F)c2)CC1. The molecule has 0 aromatic heterocycles. The molecule has 1 aromatic rings. The Morgan fingerprint density at radius 3 is 2.57 bits per heavy atom. The third-order valence-electron chi connectivity index (χ3n) is 5.06. The third-order valence-corrected chi connectivity index (χ3v) is 5.06. The van der Waals surface area contributed by atoms with Crippen molar-refractivity contribution in [3.63, 3.8) is 0 Å². The van der Waals surface area contributed by atoms with E-state index in [9.17, 15) is 9.50 Å². The Kier molecular flexibility index (Phi) is 6.57. The van der Waals surface area contributed by atoms with Crippen molar-refractivity contribution >= 4 is 0 Å². The average molecular weight is 322 g/mol. The number of hydrogen-bond donors (Lipinski definition) is 3. The van der Waals surface area contributed by atoms with E-state index >= 15 is 0 Å². The van der Waals surface area contributed by atoms with Crippen molar-refractivity contribution in [1.82, 2.24) is 10.6 Å². The number of aliphatic hydroxyl groups excluding tert-OH is 1. The molecule has 3 N–H and O–H groups in total. The summed E-state index contributed by atoms with van der Waals surface area (Å²) in [4.78, 5) is 0. The van der Waals surface area contributed by atoms with Gasteiger partial charge in [-0.2, -0.15) is 0 Å². The molecule has 1 saturated carbocycles. The van der Waals surface area contributed by atoms with Crippen molar-refractivity contribution in [2.24, 2.45) is 5.92 Å². The predicted molar refractivity (Wildman–Crippen MR) is 92.9 cm³/mol. The highest BCUT2D eigenvalue weighted by Crippen LogP contribution is 2.31. The highest BCUT2D eigenvalue weighted by atomic mass is 19.1. The lowest BCUT2D eigenvalue weighted by Crippen LogP contribution is -2.44. The smallest absolute Gasteiger partial charge is 0.123 e. The molecule has 0 radical (unpaired) electrons. The number of β-amino-alcohol motifs (C(OH)–C–C–N with tert-alkyl or cyclic N) is 1. The van der Waals surface area contributed by atoms with Crippen LogP contribution in [-0.2, 0) is 0 Å². The Morgan fingerprint density at radius 2 is 1.96 bits per heavy atom. The maximum absolute atomic E-state index is 13.2. The van der Waals surface area contributed by atoms with Crippen molar-refractivity contribution in [3.8, 4) is 0 Å². The monoisotopic (exact) mass is 322 g/mol. The molecule has 0 amide bonds. The summed E-state index contributed by atoms with van der Waals surface area (Å²) in [6, 6.07) is 6.88. The van der Waals surface area contributed by atoms with Crippen LogP contribution in [0.25, 0.3) is 0 Å². The van der Waals surface area contributed by atoms with E-state index in [1.165, 1.54) is 37.8 Å². The van der Waals surface area contributed by atoms with E-state index in [1.807, 2.05) is 7.05 Å². The van der Waals surface area contributed by atoms with Crippen LogP contribution in [0, 0.1) is 11.7 Å². The maximum Gasteiger partial charge on any atom is 0.123 e. The quantitative estimate of drug-likeness (QED) is 0.721. The van der Waals surface area contributed by atoms with Crippen LogP contribution in [0.4, 0.5) is 4.39 Å². The summed E-state index contributed by atoms with van der Waals surface area (Å²) in [5.74, 6) is 0.440. The van der Waals surface area contributed by atoms with Gasteiger partial charge in [-0.15, -0.1) is 0 Å². The summed E-state index contributed by atoms with van der Waals surface area (Å²) in [6.45, 7) is 4.83. The zero-order valence-corrected chi connectivity index (χ0v) is 14.6. The molecule has 3 nitrogen and oxygen atoms in total. The van der Waals surface area contributed by atoms with Crippen LogP contribution in [0.15, 0.2) is 24.3 Å². The molecule has 1 aliphatic carbocycles. The molecule has 0 saturated heterocycles. The molecule has 0 spiro atoms. The summed E-state index contributed by atoms with van der Waals surface area (Å²) in [6.07, 6.45) is 5.47. The highest BCUT2D eigenvalue weighted by molar-refractivity contribution is 5.19. The minimum Gasteiger partial charge on any atom is -0.387 e. The number of hydrogen-bond acceptors (Lipinski definition) is 3. The fourth-order valence-electron chi connectivity index (χ4n) is 3.65. The van der Waals surface area contributed by atoms with E-state index in [2.05, 4.69) is 24.5 Å². The van der Waals surface area contributed by atoms with Gasteiger partial charge in [-0.25, -0.2) is 4.39 Å². The normalized spacial score (nSPS) is 23.7. The second-order valence-electron chi connectivity index (χ2n) is 7.55. The van der Waals surface area contributed by atoms with Crippen molar-refractivity contribution in [2.45, 2.75) is 63.6 Å². The van der Waals surface area contributed by atoms with Crippen LogP contribution >= 0.6 is 0 Å². The van der Waals surface area contributed by atoms with Crippen LogP contribution < -0.4 is 10.6 Å². The van der Waals surface area contributed by atoms with Crippen LogP contribution in [0.1, 0.15) is 57.6 Å². The van der Waals surface area contributed by atoms with E-state index in [0.29, 0.717) is 18.2 Å². The molecule has 1 fully saturated rings. The van der Waals surface area contributed by atoms with E-state index in [-0.39, 0.29) is 11.4 Å². The minimum absolute atomic E-state index is 0.0224. The standard InChI is InChI=1S/C19H31FN2O/c1-19(2,12-14-7-9-17(21-3)10-8-14)22-13-18(23)15-5-4-6-16(20)11-15/h4-6,11,14,17-18,21-23H,7-10,12-13H2,1-3H3. The fourth-order valence-corrected chi connectivity index (χ4v) is 3.65. The van der Waals surface area contributed by atoms with Gasteiger partial charge in [0.05, 0.1) is 6.10 Å². The van der Waals surface area contributed by atoms with Crippen LogP contribution in [0.3, 0.4) is 0 Å². The molecule has 2 rings (SSSR count). The van der Waals surface area contributed by atoms with E-state index < -0.39 is 6.10 Å². The summed E-state index contributed by atoms with van der Waals surface area (Å²) in [7, 11) is 2.05. The van der Waals surface area contributed by atoms with Gasteiger partial charge in [-0.05, 0) is 76.6 Å². The van der Waals surface area contributed by atoms with Gasteiger partial charge < -0.3 is 15.7 Å². The van der Waals surface area contributed by atoms with Gasteiger partial charge in [0, 0.05) is 18.1 Å². The molecule has 0 bridgehead atoms. The van der Waals surface area contributed by atoms with Gasteiger partial charge in [-0.3, -0.25) is 0 Å². The molecule has 1 atom stereocenters. The van der Waals surface area contributed by atoms with Crippen molar-refractivity contribution in [3.05, 3.63) is 35.6 Å².